The fourth-order valence-corrected chi connectivity index (χ4v) is 4.78. The molecular weight excluding hydrogens is 184 g/mol. The highest BCUT2D eigenvalue weighted by Crippen LogP contribution is 2.69. The second-order valence-corrected chi connectivity index (χ2v) is 6.71. The van der Waals surface area contributed by atoms with Crippen LogP contribution in [0.5, 0.6) is 0 Å². The third kappa shape index (κ3) is 0.860. The van der Waals surface area contributed by atoms with Crippen molar-refractivity contribution < 1.29 is 5.11 Å². The molecule has 1 nitrogen and oxygen atoms in total. The topological polar surface area (TPSA) is 20.2 Å². The van der Waals surface area contributed by atoms with Crippen LogP contribution in [0.25, 0.3) is 0 Å². The van der Waals surface area contributed by atoms with Gasteiger partial charge in [-0.2, -0.15) is 0 Å². The first kappa shape index (κ1) is 9.89. The summed E-state index contributed by atoms with van der Waals surface area (Å²) in [5.74, 6) is 1.35. The minimum Gasteiger partial charge on any atom is -0.388 e. The van der Waals surface area contributed by atoms with Gasteiger partial charge in [-0.3, -0.25) is 0 Å². The Morgan fingerprint density at radius 1 is 1.27 bits per heavy atom. The van der Waals surface area contributed by atoms with Crippen LogP contribution in [0.15, 0.2) is 12.2 Å². The van der Waals surface area contributed by atoms with E-state index in [1.165, 1.54) is 19.3 Å². The number of fused-ring (bicyclic) bond motifs is 1. The van der Waals surface area contributed by atoms with Crippen molar-refractivity contribution in [1.29, 1.82) is 0 Å². The van der Waals surface area contributed by atoms with E-state index in [9.17, 15) is 5.11 Å². The quantitative estimate of drug-likeness (QED) is 0.604. The molecule has 0 spiro atoms. The summed E-state index contributed by atoms with van der Waals surface area (Å²) in [4.78, 5) is 0. The average Bonchev–Trinajstić information content (AvgIpc) is 2.16. The molecule has 15 heavy (non-hydrogen) atoms. The van der Waals surface area contributed by atoms with Crippen LogP contribution in [0, 0.1) is 22.7 Å². The molecule has 4 atom stereocenters. The molecule has 4 bridgehead atoms. The van der Waals surface area contributed by atoms with Gasteiger partial charge >= 0.3 is 0 Å². The minimum absolute atomic E-state index is 0.0985. The van der Waals surface area contributed by atoms with Crippen molar-refractivity contribution in [1.82, 2.24) is 0 Å². The van der Waals surface area contributed by atoms with Crippen molar-refractivity contribution in [3.8, 4) is 0 Å². The Bertz CT molecular complexity index is 330. The lowest BCUT2D eigenvalue weighted by Crippen LogP contribution is -2.69. The highest BCUT2D eigenvalue weighted by molar-refractivity contribution is 5.24. The summed E-state index contributed by atoms with van der Waals surface area (Å²) >= 11 is 0. The summed E-state index contributed by atoms with van der Waals surface area (Å²) < 4.78 is 0. The van der Waals surface area contributed by atoms with Gasteiger partial charge in [0.25, 0.3) is 0 Å². The molecule has 0 saturated heterocycles. The van der Waals surface area contributed by atoms with Crippen LogP contribution in [0.2, 0.25) is 0 Å². The molecule has 1 heteroatoms. The Labute approximate surface area is 92.6 Å². The fraction of sp³-hybridized carbons (Fsp3) is 0.857. The first-order chi connectivity index (χ1) is 6.92. The summed E-state index contributed by atoms with van der Waals surface area (Å²) in [5.41, 5.74) is -0.220. The zero-order chi connectivity index (χ0) is 10.9. The van der Waals surface area contributed by atoms with E-state index in [1.807, 2.05) is 0 Å². The van der Waals surface area contributed by atoms with Gasteiger partial charge < -0.3 is 5.11 Å². The number of rotatable bonds is 0. The van der Waals surface area contributed by atoms with Gasteiger partial charge in [0.05, 0.1) is 5.60 Å². The summed E-state index contributed by atoms with van der Waals surface area (Å²) in [6.07, 6.45) is 9.28. The molecular formula is C14H22O. The number of allylic oxidation sites excluding steroid dienone is 1. The lowest BCUT2D eigenvalue weighted by molar-refractivity contribution is -0.257. The summed E-state index contributed by atoms with van der Waals surface area (Å²) in [6, 6.07) is 0. The van der Waals surface area contributed by atoms with Gasteiger partial charge in [0, 0.05) is 5.41 Å². The Morgan fingerprint density at radius 3 is 2.67 bits per heavy atom. The monoisotopic (exact) mass is 206 g/mol. The van der Waals surface area contributed by atoms with Gasteiger partial charge in [-0.1, -0.05) is 32.9 Å². The van der Waals surface area contributed by atoms with Crippen LogP contribution >= 0.6 is 0 Å². The van der Waals surface area contributed by atoms with E-state index in [1.54, 1.807) is 0 Å². The van der Waals surface area contributed by atoms with Gasteiger partial charge in [0.1, 0.15) is 0 Å². The van der Waals surface area contributed by atoms with E-state index in [-0.39, 0.29) is 10.8 Å². The zero-order valence-corrected chi connectivity index (χ0v) is 10.1. The van der Waals surface area contributed by atoms with Crippen LogP contribution in [-0.2, 0) is 0 Å². The molecule has 0 amide bonds. The Balaban J connectivity index is 2.19. The van der Waals surface area contributed by atoms with Gasteiger partial charge in [0.2, 0.25) is 0 Å². The maximum Gasteiger partial charge on any atom is 0.0794 e. The largest absolute Gasteiger partial charge is 0.388 e. The van der Waals surface area contributed by atoms with Crippen molar-refractivity contribution >= 4 is 0 Å². The second-order valence-electron chi connectivity index (χ2n) is 6.71. The van der Waals surface area contributed by atoms with E-state index >= 15 is 0 Å². The molecule has 84 valence electrons. The molecule has 4 aliphatic rings. The third-order valence-corrected chi connectivity index (χ3v) is 6.18. The summed E-state index contributed by atoms with van der Waals surface area (Å²) in [6.45, 7) is 6.88. The van der Waals surface area contributed by atoms with Crippen molar-refractivity contribution in [2.24, 2.45) is 22.7 Å². The molecule has 4 aliphatic carbocycles. The Kier molecular flexibility index (Phi) is 1.65. The summed E-state index contributed by atoms with van der Waals surface area (Å²) in [5, 5.41) is 11.1. The molecule has 3 fully saturated rings. The van der Waals surface area contributed by atoms with E-state index in [2.05, 4.69) is 32.9 Å². The minimum atomic E-state index is -0.458. The predicted molar refractivity (Wildman–Crippen MR) is 61.4 cm³/mol. The van der Waals surface area contributed by atoms with Gasteiger partial charge in [-0.15, -0.1) is 0 Å². The molecule has 0 aromatic carbocycles. The van der Waals surface area contributed by atoms with Gasteiger partial charge in [0.15, 0.2) is 0 Å². The smallest absolute Gasteiger partial charge is 0.0794 e. The van der Waals surface area contributed by atoms with Crippen molar-refractivity contribution in [3.63, 3.8) is 0 Å². The molecule has 1 N–H and O–H groups in total. The summed E-state index contributed by atoms with van der Waals surface area (Å²) in [7, 11) is 0. The maximum absolute atomic E-state index is 11.1. The molecule has 0 aliphatic heterocycles. The van der Waals surface area contributed by atoms with E-state index in [0.29, 0.717) is 5.92 Å². The normalized spacial score (nSPS) is 55.7. The van der Waals surface area contributed by atoms with Crippen LogP contribution in [0.4, 0.5) is 0 Å². The molecule has 4 rings (SSSR count). The van der Waals surface area contributed by atoms with Crippen LogP contribution in [0.1, 0.15) is 46.5 Å². The predicted octanol–water partition coefficient (Wildman–Crippen LogP) is 3.14. The highest BCUT2D eigenvalue weighted by Gasteiger charge is 2.67. The van der Waals surface area contributed by atoms with E-state index in [4.69, 9.17) is 0 Å². The van der Waals surface area contributed by atoms with E-state index in [0.717, 1.165) is 12.3 Å². The Morgan fingerprint density at radius 2 is 2.00 bits per heavy atom. The average molecular weight is 206 g/mol. The van der Waals surface area contributed by atoms with Crippen LogP contribution < -0.4 is 0 Å². The van der Waals surface area contributed by atoms with Gasteiger partial charge in [-0.05, 0) is 42.9 Å². The zero-order valence-electron chi connectivity index (χ0n) is 10.1. The van der Waals surface area contributed by atoms with Crippen LogP contribution in [0.3, 0.4) is 0 Å². The maximum atomic E-state index is 11.1. The number of hydrogen-bond donors (Lipinski definition) is 1. The van der Waals surface area contributed by atoms with Crippen molar-refractivity contribution in [2.75, 3.05) is 0 Å². The lowest BCUT2D eigenvalue weighted by Gasteiger charge is -2.69. The SMILES string of the molecule is CC1(C)[C@@H]2CC[C@@]3(C)[C@H](C=CC[C@@]13O)C2. The number of aliphatic hydroxyl groups is 1. The highest BCUT2D eigenvalue weighted by atomic mass is 16.3. The molecule has 0 radical (unpaired) electrons. The van der Waals surface area contributed by atoms with Crippen LogP contribution in [-0.4, -0.2) is 10.7 Å². The first-order valence-electron chi connectivity index (χ1n) is 6.31. The van der Waals surface area contributed by atoms with Gasteiger partial charge in [-0.25, -0.2) is 0 Å². The standard InChI is InChI=1S/C14H22O/c1-12(2)10-6-8-13(3)11(9-10)5-4-7-14(12,13)15/h4-5,10-11,15H,6-9H2,1-3H3/t10-,11-,13+,14-/m1/s1. The Hall–Kier alpha value is -0.300. The molecule has 0 heterocycles. The third-order valence-electron chi connectivity index (χ3n) is 6.18. The fourth-order valence-electron chi connectivity index (χ4n) is 4.78. The first-order valence-corrected chi connectivity index (χ1v) is 6.31. The molecule has 3 saturated carbocycles. The van der Waals surface area contributed by atoms with Crippen molar-refractivity contribution in [3.05, 3.63) is 12.2 Å². The van der Waals surface area contributed by atoms with Crippen molar-refractivity contribution in [2.45, 2.75) is 52.1 Å². The second kappa shape index (κ2) is 2.51. The molecule has 0 unspecified atom stereocenters. The van der Waals surface area contributed by atoms with E-state index < -0.39 is 5.60 Å². The molecule has 0 aromatic heterocycles. The molecule has 0 aromatic rings. The lowest BCUT2D eigenvalue weighted by atomic mass is 9.38. The number of hydrogen-bond acceptors (Lipinski definition) is 1.